The van der Waals surface area contributed by atoms with Crippen molar-refractivity contribution in [3.8, 4) is 5.75 Å². The first-order valence-corrected chi connectivity index (χ1v) is 6.05. The summed E-state index contributed by atoms with van der Waals surface area (Å²) in [4.78, 5) is 11.7. The van der Waals surface area contributed by atoms with E-state index >= 15 is 0 Å². The number of hydrogen-bond donors (Lipinski definition) is 3. The van der Waals surface area contributed by atoms with Crippen molar-refractivity contribution in [3.63, 3.8) is 0 Å². The molecule has 2 amide bonds. The highest BCUT2D eigenvalue weighted by molar-refractivity contribution is 6.31. The molecule has 0 saturated heterocycles. The van der Waals surface area contributed by atoms with Gasteiger partial charge in [-0.15, -0.1) is 0 Å². The van der Waals surface area contributed by atoms with E-state index < -0.39 is 0 Å². The summed E-state index contributed by atoms with van der Waals surface area (Å²) in [5.41, 5.74) is 2.16. The van der Waals surface area contributed by atoms with Gasteiger partial charge in [-0.25, -0.2) is 4.79 Å². The van der Waals surface area contributed by atoms with Crippen LogP contribution in [0, 0.1) is 6.92 Å². The Bertz CT molecular complexity index is 597. The molecule has 0 aliphatic carbocycles. The molecule has 4 nitrogen and oxygen atoms in total. The summed E-state index contributed by atoms with van der Waals surface area (Å²) < 4.78 is 0. The van der Waals surface area contributed by atoms with Crippen molar-refractivity contribution in [2.24, 2.45) is 0 Å². The van der Waals surface area contributed by atoms with Gasteiger partial charge in [0, 0.05) is 16.4 Å². The standard InChI is InChI=1S/C14H13ClN2O2/c1-9-8-11(4-7-13(9)15)17-14(19)16-10-2-5-12(18)6-3-10/h2-8,18H,1H3,(H2,16,17,19). The lowest BCUT2D eigenvalue weighted by atomic mass is 10.2. The van der Waals surface area contributed by atoms with E-state index in [1.54, 1.807) is 30.3 Å². The average Bonchev–Trinajstić information content (AvgIpc) is 2.37. The van der Waals surface area contributed by atoms with Crippen LogP contribution in [0.25, 0.3) is 0 Å². The van der Waals surface area contributed by atoms with E-state index in [1.807, 2.05) is 6.92 Å². The maximum atomic E-state index is 11.7. The topological polar surface area (TPSA) is 61.4 Å². The Hall–Kier alpha value is -2.20. The van der Waals surface area contributed by atoms with Crippen LogP contribution >= 0.6 is 11.6 Å². The molecule has 0 fully saturated rings. The summed E-state index contributed by atoms with van der Waals surface area (Å²) in [6.07, 6.45) is 0. The number of rotatable bonds is 2. The number of carbonyl (C=O) groups excluding carboxylic acids is 1. The molecule has 0 aliphatic rings. The number of hydrogen-bond acceptors (Lipinski definition) is 2. The first-order chi connectivity index (χ1) is 9.04. The zero-order valence-electron chi connectivity index (χ0n) is 10.3. The molecule has 0 bridgehead atoms. The predicted molar refractivity (Wildman–Crippen MR) is 76.9 cm³/mol. The lowest BCUT2D eigenvalue weighted by Gasteiger charge is -2.08. The van der Waals surface area contributed by atoms with Gasteiger partial charge in [-0.2, -0.15) is 0 Å². The quantitative estimate of drug-likeness (QED) is 0.726. The Morgan fingerprint density at radius 2 is 1.63 bits per heavy atom. The molecule has 2 rings (SSSR count). The van der Waals surface area contributed by atoms with Crippen LogP contribution in [0.3, 0.4) is 0 Å². The minimum absolute atomic E-state index is 0.152. The van der Waals surface area contributed by atoms with E-state index in [-0.39, 0.29) is 11.8 Å². The summed E-state index contributed by atoms with van der Waals surface area (Å²) in [5, 5.41) is 15.2. The second-order valence-corrected chi connectivity index (χ2v) is 4.50. The Morgan fingerprint density at radius 1 is 1.05 bits per heavy atom. The summed E-state index contributed by atoms with van der Waals surface area (Å²) >= 11 is 5.91. The monoisotopic (exact) mass is 276 g/mol. The molecule has 2 aromatic carbocycles. The first-order valence-electron chi connectivity index (χ1n) is 5.68. The normalized spacial score (nSPS) is 10.0. The Balaban J connectivity index is 2.01. The van der Waals surface area contributed by atoms with E-state index in [9.17, 15) is 4.79 Å². The second kappa shape index (κ2) is 5.63. The van der Waals surface area contributed by atoms with Crippen LogP contribution in [0.1, 0.15) is 5.56 Å². The Morgan fingerprint density at radius 3 is 2.26 bits per heavy atom. The van der Waals surface area contributed by atoms with Crippen molar-refractivity contribution in [1.82, 2.24) is 0 Å². The molecule has 19 heavy (non-hydrogen) atoms. The fraction of sp³-hybridized carbons (Fsp3) is 0.0714. The van der Waals surface area contributed by atoms with E-state index in [0.717, 1.165) is 5.56 Å². The number of aryl methyl sites for hydroxylation is 1. The van der Waals surface area contributed by atoms with Crippen molar-refractivity contribution in [2.45, 2.75) is 6.92 Å². The number of carbonyl (C=O) groups is 1. The van der Waals surface area contributed by atoms with Crippen molar-refractivity contribution >= 4 is 29.0 Å². The molecule has 0 radical (unpaired) electrons. The lowest BCUT2D eigenvalue weighted by molar-refractivity contribution is 0.262. The maximum absolute atomic E-state index is 11.7. The van der Waals surface area contributed by atoms with E-state index in [4.69, 9.17) is 16.7 Å². The van der Waals surface area contributed by atoms with Crippen molar-refractivity contribution in [3.05, 3.63) is 53.1 Å². The number of aromatic hydroxyl groups is 1. The van der Waals surface area contributed by atoms with Gasteiger partial charge < -0.3 is 15.7 Å². The number of phenolic OH excluding ortho intramolecular Hbond substituents is 1. The number of halogens is 1. The van der Waals surface area contributed by atoms with E-state index in [1.165, 1.54) is 12.1 Å². The molecule has 0 saturated carbocycles. The molecule has 5 heteroatoms. The number of nitrogens with one attached hydrogen (secondary N) is 2. The number of amides is 2. The molecule has 0 aromatic heterocycles. The minimum Gasteiger partial charge on any atom is -0.508 e. The predicted octanol–water partition coefficient (Wildman–Crippen LogP) is 4.00. The van der Waals surface area contributed by atoms with Gasteiger partial charge >= 0.3 is 6.03 Å². The van der Waals surface area contributed by atoms with Gasteiger partial charge in [-0.3, -0.25) is 0 Å². The van der Waals surface area contributed by atoms with Gasteiger partial charge in [-0.1, -0.05) is 11.6 Å². The smallest absolute Gasteiger partial charge is 0.323 e. The highest BCUT2D eigenvalue weighted by Crippen LogP contribution is 2.20. The summed E-state index contributed by atoms with van der Waals surface area (Å²) in [6, 6.07) is 11.1. The van der Waals surface area contributed by atoms with Crippen LogP contribution in [-0.4, -0.2) is 11.1 Å². The third kappa shape index (κ3) is 3.63. The van der Waals surface area contributed by atoms with Gasteiger partial charge in [0.2, 0.25) is 0 Å². The lowest BCUT2D eigenvalue weighted by Crippen LogP contribution is -2.19. The van der Waals surface area contributed by atoms with Gasteiger partial charge in [-0.05, 0) is 55.0 Å². The molecular formula is C14H13ClN2O2. The number of urea groups is 1. The fourth-order valence-corrected chi connectivity index (χ4v) is 1.68. The fourth-order valence-electron chi connectivity index (χ4n) is 1.56. The third-order valence-electron chi connectivity index (χ3n) is 2.54. The summed E-state index contributed by atoms with van der Waals surface area (Å²) in [6.45, 7) is 1.87. The second-order valence-electron chi connectivity index (χ2n) is 4.09. The number of benzene rings is 2. The Kier molecular flexibility index (Phi) is 3.92. The van der Waals surface area contributed by atoms with Crippen LogP contribution in [0.15, 0.2) is 42.5 Å². The third-order valence-corrected chi connectivity index (χ3v) is 2.97. The molecule has 0 heterocycles. The van der Waals surface area contributed by atoms with Crippen LogP contribution in [-0.2, 0) is 0 Å². The molecule has 0 unspecified atom stereocenters. The van der Waals surface area contributed by atoms with Gasteiger partial charge in [0.1, 0.15) is 5.75 Å². The highest BCUT2D eigenvalue weighted by Gasteiger charge is 2.04. The molecule has 3 N–H and O–H groups in total. The van der Waals surface area contributed by atoms with Crippen molar-refractivity contribution < 1.29 is 9.90 Å². The van der Waals surface area contributed by atoms with E-state index in [0.29, 0.717) is 16.4 Å². The molecular weight excluding hydrogens is 264 g/mol. The van der Waals surface area contributed by atoms with Crippen molar-refractivity contribution in [1.29, 1.82) is 0 Å². The highest BCUT2D eigenvalue weighted by atomic mass is 35.5. The SMILES string of the molecule is Cc1cc(NC(=O)Nc2ccc(O)cc2)ccc1Cl. The minimum atomic E-state index is -0.354. The first kappa shape index (κ1) is 13.2. The number of anilines is 2. The molecule has 98 valence electrons. The number of phenols is 1. The van der Waals surface area contributed by atoms with Crippen LogP contribution < -0.4 is 10.6 Å². The largest absolute Gasteiger partial charge is 0.508 e. The average molecular weight is 277 g/mol. The molecule has 2 aromatic rings. The van der Waals surface area contributed by atoms with Gasteiger partial charge in [0.25, 0.3) is 0 Å². The van der Waals surface area contributed by atoms with E-state index in [2.05, 4.69) is 10.6 Å². The van der Waals surface area contributed by atoms with Crippen LogP contribution in [0.2, 0.25) is 5.02 Å². The molecule has 0 aliphatic heterocycles. The van der Waals surface area contributed by atoms with Gasteiger partial charge in [0.05, 0.1) is 0 Å². The van der Waals surface area contributed by atoms with Gasteiger partial charge in [0.15, 0.2) is 0 Å². The zero-order chi connectivity index (χ0) is 13.8. The summed E-state index contributed by atoms with van der Waals surface area (Å²) in [7, 11) is 0. The zero-order valence-corrected chi connectivity index (χ0v) is 11.0. The maximum Gasteiger partial charge on any atom is 0.323 e. The Labute approximate surface area is 116 Å². The molecule has 0 spiro atoms. The van der Waals surface area contributed by atoms with Crippen molar-refractivity contribution in [2.75, 3.05) is 10.6 Å². The summed E-state index contributed by atoms with van der Waals surface area (Å²) in [5.74, 6) is 0.152. The van der Waals surface area contributed by atoms with Crippen LogP contribution in [0.5, 0.6) is 5.75 Å². The van der Waals surface area contributed by atoms with Crippen LogP contribution in [0.4, 0.5) is 16.2 Å². The molecule has 0 atom stereocenters.